The van der Waals surface area contributed by atoms with Gasteiger partial charge in [0.25, 0.3) is 0 Å². The van der Waals surface area contributed by atoms with Crippen molar-refractivity contribution < 1.29 is 8.42 Å². The van der Waals surface area contributed by atoms with Gasteiger partial charge in [-0.15, -0.1) is 0 Å². The molecule has 0 aliphatic rings. The minimum atomic E-state index is -3.10. The zero-order valence-electron chi connectivity index (χ0n) is 14.4. The summed E-state index contributed by atoms with van der Waals surface area (Å²) in [5, 5.41) is 0. The molecule has 0 N–H and O–H groups in total. The lowest BCUT2D eigenvalue weighted by Gasteiger charge is -2.13. The third-order valence-electron chi connectivity index (χ3n) is 3.06. The Balaban J connectivity index is 0. The van der Waals surface area contributed by atoms with Gasteiger partial charge < -0.3 is 0 Å². The molecular formula is C17H32O2S. The van der Waals surface area contributed by atoms with Gasteiger partial charge in [-0.25, -0.2) is 8.42 Å². The van der Waals surface area contributed by atoms with Crippen molar-refractivity contribution >= 4 is 9.84 Å². The van der Waals surface area contributed by atoms with Crippen LogP contribution in [0.15, 0.2) is 23.1 Å². The number of sulfone groups is 1. The van der Waals surface area contributed by atoms with E-state index in [0.717, 1.165) is 24.0 Å². The van der Waals surface area contributed by atoms with Crippen LogP contribution < -0.4 is 0 Å². The van der Waals surface area contributed by atoms with Crippen molar-refractivity contribution in [2.75, 3.05) is 6.26 Å². The Labute approximate surface area is 126 Å². The second-order valence-corrected chi connectivity index (χ2v) is 6.51. The summed E-state index contributed by atoms with van der Waals surface area (Å²) in [6.45, 7) is 14.2. The van der Waals surface area contributed by atoms with E-state index in [1.807, 2.05) is 46.8 Å². The van der Waals surface area contributed by atoms with E-state index in [2.05, 4.69) is 13.8 Å². The summed E-state index contributed by atoms with van der Waals surface area (Å²) in [7, 11) is -3.10. The molecule has 1 aromatic rings. The third kappa shape index (κ3) is 7.09. The topological polar surface area (TPSA) is 34.1 Å². The molecule has 0 amide bonds. The van der Waals surface area contributed by atoms with Crippen LogP contribution in [0.3, 0.4) is 0 Å². The first-order valence-corrected chi connectivity index (χ1v) is 9.54. The highest BCUT2D eigenvalue weighted by Crippen LogP contribution is 2.22. The standard InChI is InChI=1S/C13H20O2S.2C2H6/c1-5-10(2)9-12-7-6-8-13(11(12)3)16(4,14)15;2*1-2/h6-8,10H,5,9H2,1-4H3;2*1-2H3. The quantitative estimate of drug-likeness (QED) is 0.780. The van der Waals surface area contributed by atoms with Crippen LogP contribution in [-0.4, -0.2) is 14.7 Å². The second kappa shape index (κ2) is 10.9. The first kappa shape index (κ1) is 21.5. The molecule has 0 aliphatic heterocycles. The highest BCUT2D eigenvalue weighted by Gasteiger charge is 2.13. The van der Waals surface area contributed by atoms with Gasteiger partial charge in [-0.3, -0.25) is 0 Å². The van der Waals surface area contributed by atoms with Crippen molar-refractivity contribution in [2.45, 2.75) is 66.2 Å². The minimum Gasteiger partial charge on any atom is -0.224 e. The van der Waals surface area contributed by atoms with Crippen LogP contribution >= 0.6 is 0 Å². The summed E-state index contributed by atoms with van der Waals surface area (Å²) in [5.74, 6) is 0.591. The number of rotatable bonds is 4. The van der Waals surface area contributed by atoms with Crippen molar-refractivity contribution in [3.8, 4) is 0 Å². The van der Waals surface area contributed by atoms with Crippen LogP contribution in [0.4, 0.5) is 0 Å². The Kier molecular flexibility index (Phi) is 11.7. The normalized spacial score (nSPS) is 11.6. The fourth-order valence-electron chi connectivity index (χ4n) is 1.80. The van der Waals surface area contributed by atoms with Gasteiger partial charge in [-0.1, -0.05) is 60.1 Å². The van der Waals surface area contributed by atoms with Gasteiger partial charge in [0.1, 0.15) is 0 Å². The van der Waals surface area contributed by atoms with Crippen LogP contribution in [0.5, 0.6) is 0 Å². The molecule has 0 radical (unpaired) electrons. The molecule has 118 valence electrons. The van der Waals surface area contributed by atoms with Gasteiger partial charge >= 0.3 is 0 Å². The average Bonchev–Trinajstić information content (AvgIpc) is 2.44. The third-order valence-corrected chi connectivity index (χ3v) is 4.30. The molecule has 0 fully saturated rings. The summed E-state index contributed by atoms with van der Waals surface area (Å²) in [6, 6.07) is 5.54. The van der Waals surface area contributed by atoms with Gasteiger partial charge in [0.2, 0.25) is 0 Å². The van der Waals surface area contributed by atoms with Crippen molar-refractivity contribution in [2.24, 2.45) is 5.92 Å². The molecule has 1 rings (SSSR count). The summed E-state index contributed by atoms with van der Waals surface area (Å²) in [5.41, 5.74) is 2.06. The maximum Gasteiger partial charge on any atom is 0.175 e. The molecule has 0 saturated carbocycles. The number of hydrogen-bond acceptors (Lipinski definition) is 2. The van der Waals surface area contributed by atoms with Crippen LogP contribution in [0, 0.1) is 12.8 Å². The van der Waals surface area contributed by atoms with E-state index in [4.69, 9.17) is 0 Å². The van der Waals surface area contributed by atoms with Crippen LogP contribution in [-0.2, 0) is 16.3 Å². The first-order valence-electron chi connectivity index (χ1n) is 7.64. The Bertz CT molecular complexity index is 462. The SMILES string of the molecule is CC.CC.CCC(C)Cc1cccc(S(C)(=O)=O)c1C. The zero-order valence-corrected chi connectivity index (χ0v) is 15.3. The number of benzene rings is 1. The number of hydrogen-bond donors (Lipinski definition) is 0. The van der Waals surface area contributed by atoms with E-state index in [0.29, 0.717) is 10.8 Å². The molecule has 2 nitrogen and oxygen atoms in total. The molecule has 0 aliphatic carbocycles. The molecule has 3 heteroatoms. The molecule has 0 heterocycles. The summed E-state index contributed by atoms with van der Waals surface area (Å²) in [6.07, 6.45) is 3.33. The first-order chi connectivity index (χ1) is 9.36. The maximum absolute atomic E-state index is 11.6. The lowest BCUT2D eigenvalue weighted by atomic mass is 9.96. The van der Waals surface area contributed by atoms with E-state index in [9.17, 15) is 8.42 Å². The van der Waals surface area contributed by atoms with Gasteiger partial charge in [0.05, 0.1) is 4.90 Å². The average molecular weight is 301 g/mol. The van der Waals surface area contributed by atoms with Crippen LogP contribution in [0.2, 0.25) is 0 Å². The Morgan fingerprint density at radius 2 is 1.60 bits per heavy atom. The maximum atomic E-state index is 11.6. The molecule has 0 spiro atoms. The molecule has 1 unspecified atom stereocenters. The largest absolute Gasteiger partial charge is 0.224 e. The smallest absolute Gasteiger partial charge is 0.175 e. The molecule has 1 aromatic carbocycles. The highest BCUT2D eigenvalue weighted by atomic mass is 32.2. The Hall–Kier alpha value is -0.830. The van der Waals surface area contributed by atoms with E-state index in [-0.39, 0.29) is 0 Å². The zero-order chi connectivity index (χ0) is 16.3. The van der Waals surface area contributed by atoms with E-state index in [1.165, 1.54) is 6.26 Å². The Morgan fingerprint density at radius 3 is 2.00 bits per heavy atom. The minimum absolute atomic E-state index is 0.466. The molecular weight excluding hydrogens is 268 g/mol. The summed E-state index contributed by atoms with van der Waals surface area (Å²) in [4.78, 5) is 0.466. The predicted molar refractivity (Wildman–Crippen MR) is 90.1 cm³/mol. The van der Waals surface area contributed by atoms with Crippen molar-refractivity contribution in [1.82, 2.24) is 0 Å². The summed E-state index contributed by atoms with van der Waals surface area (Å²) >= 11 is 0. The van der Waals surface area contributed by atoms with E-state index < -0.39 is 9.84 Å². The highest BCUT2D eigenvalue weighted by molar-refractivity contribution is 7.90. The van der Waals surface area contributed by atoms with Crippen LogP contribution in [0.1, 0.15) is 59.1 Å². The second-order valence-electron chi connectivity index (χ2n) is 4.53. The predicted octanol–water partition coefficient (Wildman–Crippen LogP) is 5.04. The van der Waals surface area contributed by atoms with Crippen LogP contribution in [0.25, 0.3) is 0 Å². The summed E-state index contributed by atoms with van der Waals surface area (Å²) < 4.78 is 23.1. The van der Waals surface area contributed by atoms with Crippen molar-refractivity contribution in [3.63, 3.8) is 0 Å². The monoisotopic (exact) mass is 300 g/mol. The Morgan fingerprint density at radius 1 is 1.10 bits per heavy atom. The fraction of sp³-hybridized carbons (Fsp3) is 0.647. The lowest BCUT2D eigenvalue weighted by molar-refractivity contribution is 0.557. The van der Waals surface area contributed by atoms with Gasteiger partial charge in [-0.05, 0) is 36.5 Å². The fourth-order valence-corrected chi connectivity index (χ4v) is 2.82. The molecule has 0 bridgehead atoms. The van der Waals surface area contributed by atoms with Gasteiger partial charge in [0.15, 0.2) is 9.84 Å². The van der Waals surface area contributed by atoms with Gasteiger partial charge in [0, 0.05) is 6.26 Å². The van der Waals surface area contributed by atoms with E-state index >= 15 is 0 Å². The van der Waals surface area contributed by atoms with E-state index in [1.54, 1.807) is 6.07 Å². The van der Waals surface area contributed by atoms with Gasteiger partial charge in [-0.2, -0.15) is 0 Å². The lowest BCUT2D eigenvalue weighted by Crippen LogP contribution is -2.05. The molecule has 0 saturated heterocycles. The van der Waals surface area contributed by atoms with Crippen molar-refractivity contribution in [3.05, 3.63) is 29.3 Å². The molecule has 20 heavy (non-hydrogen) atoms. The molecule has 0 aromatic heterocycles. The molecule has 1 atom stereocenters. The van der Waals surface area contributed by atoms with Crippen molar-refractivity contribution in [1.29, 1.82) is 0 Å².